The molecule has 1 aliphatic heterocycles. The molecule has 1 aromatic rings. The summed E-state index contributed by atoms with van der Waals surface area (Å²) >= 11 is 0. The Bertz CT molecular complexity index is 389. The van der Waals surface area contributed by atoms with E-state index in [1.807, 2.05) is 24.3 Å². The van der Waals surface area contributed by atoms with Crippen molar-refractivity contribution in [1.29, 1.82) is 0 Å². The van der Waals surface area contributed by atoms with E-state index < -0.39 is 0 Å². The van der Waals surface area contributed by atoms with Crippen LogP contribution in [0, 0.1) is 0 Å². The van der Waals surface area contributed by atoms with Gasteiger partial charge in [-0.15, -0.1) is 0 Å². The number of fused-ring (bicyclic) bond motifs is 1. The highest BCUT2D eigenvalue weighted by Gasteiger charge is 2.56. The fourth-order valence-electron chi connectivity index (χ4n) is 2.34. The normalized spacial score (nSPS) is 34.5. The number of benzene rings is 1. The molecule has 1 aromatic carbocycles. The summed E-state index contributed by atoms with van der Waals surface area (Å²) in [5.41, 5.74) is 1.10. The summed E-state index contributed by atoms with van der Waals surface area (Å²) in [5, 5.41) is 9.55. The Labute approximate surface area is 100 Å². The smallest absolute Gasteiger partial charge is 0.118 e. The summed E-state index contributed by atoms with van der Waals surface area (Å²) in [6.45, 7) is 0.550. The van der Waals surface area contributed by atoms with E-state index in [1.54, 1.807) is 7.11 Å². The molecular weight excluding hydrogens is 220 g/mol. The molecule has 3 rings (SSSR count). The highest BCUT2D eigenvalue weighted by Crippen LogP contribution is 2.40. The number of rotatable bonds is 4. The minimum absolute atomic E-state index is 0.0240. The average molecular weight is 236 g/mol. The second-order valence-corrected chi connectivity index (χ2v) is 4.57. The van der Waals surface area contributed by atoms with Crippen LogP contribution in [0.1, 0.15) is 12.0 Å². The maximum absolute atomic E-state index is 9.55. The van der Waals surface area contributed by atoms with Gasteiger partial charge in [0.25, 0.3) is 0 Å². The number of ether oxygens (including phenoxy) is 3. The molecule has 1 saturated carbocycles. The Hall–Kier alpha value is -1.10. The second-order valence-electron chi connectivity index (χ2n) is 4.57. The molecule has 0 radical (unpaired) electrons. The van der Waals surface area contributed by atoms with E-state index in [1.165, 1.54) is 0 Å². The largest absolute Gasteiger partial charge is 0.497 e. The third-order valence-corrected chi connectivity index (χ3v) is 3.40. The van der Waals surface area contributed by atoms with E-state index in [9.17, 15) is 5.11 Å². The van der Waals surface area contributed by atoms with Crippen molar-refractivity contribution in [3.8, 4) is 5.75 Å². The van der Waals surface area contributed by atoms with Gasteiger partial charge in [-0.25, -0.2) is 0 Å². The monoisotopic (exact) mass is 236 g/mol. The van der Waals surface area contributed by atoms with Crippen molar-refractivity contribution in [3.63, 3.8) is 0 Å². The molecular formula is C13H16O4. The molecule has 17 heavy (non-hydrogen) atoms. The summed E-state index contributed by atoms with van der Waals surface area (Å²) in [6.07, 6.45) is 0.517. The first-order chi connectivity index (χ1) is 8.28. The van der Waals surface area contributed by atoms with E-state index in [0.717, 1.165) is 11.3 Å². The van der Waals surface area contributed by atoms with Crippen molar-refractivity contribution in [2.75, 3.05) is 7.11 Å². The van der Waals surface area contributed by atoms with Gasteiger partial charge in [-0.2, -0.15) is 0 Å². The molecule has 2 aliphatic rings. The average Bonchev–Trinajstić information content (AvgIpc) is 3.09. The molecule has 4 heteroatoms. The second kappa shape index (κ2) is 4.29. The first-order valence-electron chi connectivity index (χ1n) is 5.86. The third-order valence-electron chi connectivity index (χ3n) is 3.40. The molecule has 0 spiro atoms. The number of hydrogen-bond donors (Lipinski definition) is 1. The van der Waals surface area contributed by atoms with Crippen LogP contribution in [0.15, 0.2) is 24.3 Å². The Balaban J connectivity index is 1.53. The molecule has 4 nitrogen and oxygen atoms in total. The lowest BCUT2D eigenvalue weighted by atomic mass is 10.2. The topological polar surface area (TPSA) is 51.2 Å². The molecule has 92 valence electrons. The lowest BCUT2D eigenvalue weighted by Crippen LogP contribution is -2.18. The van der Waals surface area contributed by atoms with Gasteiger partial charge in [0.2, 0.25) is 0 Å². The van der Waals surface area contributed by atoms with Gasteiger partial charge in [0.15, 0.2) is 0 Å². The van der Waals surface area contributed by atoms with Crippen LogP contribution in [-0.2, 0) is 16.1 Å². The van der Waals surface area contributed by atoms with Gasteiger partial charge in [-0.3, -0.25) is 0 Å². The van der Waals surface area contributed by atoms with Gasteiger partial charge in [0.1, 0.15) is 18.0 Å². The van der Waals surface area contributed by atoms with Gasteiger partial charge in [0.05, 0.1) is 25.9 Å². The van der Waals surface area contributed by atoms with Crippen molar-refractivity contribution in [2.45, 2.75) is 37.4 Å². The molecule has 1 aliphatic carbocycles. The lowest BCUT2D eigenvalue weighted by Gasteiger charge is -2.13. The number of aliphatic hydroxyl groups excluding tert-OH is 1. The van der Waals surface area contributed by atoms with Crippen molar-refractivity contribution in [1.82, 2.24) is 0 Å². The standard InChI is InChI=1S/C13H16O4/c1-15-9-4-2-8(3-5-9)7-16-11-6-10(14)12-13(11)17-12/h2-5,10-14H,6-7H2,1H3. The Kier molecular flexibility index (Phi) is 2.78. The molecule has 2 fully saturated rings. The van der Waals surface area contributed by atoms with Gasteiger partial charge in [-0.1, -0.05) is 12.1 Å². The molecule has 4 unspecified atom stereocenters. The number of methoxy groups -OCH3 is 1. The molecule has 1 saturated heterocycles. The van der Waals surface area contributed by atoms with Crippen LogP contribution in [0.3, 0.4) is 0 Å². The minimum Gasteiger partial charge on any atom is -0.497 e. The molecule has 1 heterocycles. The summed E-state index contributed by atoms with van der Waals surface area (Å²) in [7, 11) is 1.65. The fraction of sp³-hybridized carbons (Fsp3) is 0.538. The van der Waals surface area contributed by atoms with Crippen LogP contribution in [0.25, 0.3) is 0 Å². The summed E-state index contributed by atoms with van der Waals surface area (Å²) < 4.78 is 16.2. The van der Waals surface area contributed by atoms with Crippen LogP contribution in [-0.4, -0.2) is 36.6 Å². The zero-order valence-corrected chi connectivity index (χ0v) is 9.70. The highest BCUT2D eigenvalue weighted by atomic mass is 16.6. The van der Waals surface area contributed by atoms with E-state index in [4.69, 9.17) is 14.2 Å². The Morgan fingerprint density at radius 3 is 2.59 bits per heavy atom. The molecule has 4 atom stereocenters. The maximum atomic E-state index is 9.55. The predicted octanol–water partition coefficient (Wildman–Crippen LogP) is 1.11. The summed E-state index contributed by atoms with van der Waals surface area (Å²) in [6, 6.07) is 7.79. The zero-order chi connectivity index (χ0) is 11.8. The van der Waals surface area contributed by atoms with Gasteiger partial charge in [0, 0.05) is 6.42 Å². The SMILES string of the molecule is COc1ccc(COC2CC(O)C3OC23)cc1. The van der Waals surface area contributed by atoms with Gasteiger partial charge < -0.3 is 19.3 Å². The van der Waals surface area contributed by atoms with E-state index in [-0.39, 0.29) is 24.4 Å². The van der Waals surface area contributed by atoms with E-state index >= 15 is 0 Å². The van der Waals surface area contributed by atoms with Crippen LogP contribution < -0.4 is 4.74 Å². The van der Waals surface area contributed by atoms with E-state index in [2.05, 4.69) is 0 Å². The molecule has 0 bridgehead atoms. The van der Waals surface area contributed by atoms with Crippen LogP contribution in [0.2, 0.25) is 0 Å². The number of epoxide rings is 1. The molecule has 0 amide bonds. The minimum atomic E-state index is -0.346. The molecule has 0 aromatic heterocycles. The van der Waals surface area contributed by atoms with Crippen molar-refractivity contribution in [2.24, 2.45) is 0 Å². The Morgan fingerprint density at radius 1 is 1.29 bits per heavy atom. The lowest BCUT2D eigenvalue weighted by molar-refractivity contribution is -0.0110. The number of hydrogen-bond acceptors (Lipinski definition) is 4. The van der Waals surface area contributed by atoms with Crippen LogP contribution in [0.5, 0.6) is 5.75 Å². The van der Waals surface area contributed by atoms with E-state index in [0.29, 0.717) is 13.0 Å². The maximum Gasteiger partial charge on any atom is 0.118 e. The fourth-order valence-corrected chi connectivity index (χ4v) is 2.34. The first kappa shape index (κ1) is 11.0. The van der Waals surface area contributed by atoms with Gasteiger partial charge in [-0.05, 0) is 17.7 Å². The molecule has 1 N–H and O–H groups in total. The van der Waals surface area contributed by atoms with Crippen molar-refractivity contribution in [3.05, 3.63) is 29.8 Å². The van der Waals surface area contributed by atoms with Crippen LogP contribution in [0.4, 0.5) is 0 Å². The summed E-state index contributed by atoms with van der Waals surface area (Å²) in [5.74, 6) is 0.843. The van der Waals surface area contributed by atoms with Crippen molar-refractivity contribution >= 4 is 0 Å². The predicted molar refractivity (Wildman–Crippen MR) is 60.9 cm³/mol. The summed E-state index contributed by atoms with van der Waals surface area (Å²) in [4.78, 5) is 0. The highest BCUT2D eigenvalue weighted by molar-refractivity contribution is 5.26. The Morgan fingerprint density at radius 2 is 2.06 bits per heavy atom. The van der Waals surface area contributed by atoms with Crippen LogP contribution >= 0.6 is 0 Å². The quantitative estimate of drug-likeness (QED) is 0.796. The van der Waals surface area contributed by atoms with Gasteiger partial charge >= 0.3 is 0 Å². The first-order valence-corrected chi connectivity index (χ1v) is 5.86. The number of aliphatic hydroxyl groups is 1. The van der Waals surface area contributed by atoms with Crippen molar-refractivity contribution < 1.29 is 19.3 Å². The third kappa shape index (κ3) is 2.16. The zero-order valence-electron chi connectivity index (χ0n) is 9.70.